The van der Waals surface area contributed by atoms with Crippen molar-refractivity contribution in [2.24, 2.45) is 0 Å². The lowest BCUT2D eigenvalue weighted by atomic mass is 9.82. The summed E-state index contributed by atoms with van der Waals surface area (Å²) in [5.74, 6) is 0. The summed E-state index contributed by atoms with van der Waals surface area (Å²) in [5, 5.41) is 4.72. The summed E-state index contributed by atoms with van der Waals surface area (Å²) in [6.45, 7) is 4.72. The van der Waals surface area contributed by atoms with Gasteiger partial charge in [-0.25, -0.2) is 0 Å². The lowest BCUT2D eigenvalue weighted by Gasteiger charge is -2.27. The van der Waals surface area contributed by atoms with Crippen molar-refractivity contribution in [1.82, 2.24) is 0 Å². The number of hydrogen-bond acceptors (Lipinski definition) is 2. The van der Waals surface area contributed by atoms with Crippen molar-refractivity contribution in [2.75, 3.05) is 4.90 Å². The van der Waals surface area contributed by atoms with Crippen molar-refractivity contribution in [3.63, 3.8) is 0 Å². The number of nitrogens with zero attached hydrogens (tertiary/aromatic N) is 1. The average Bonchev–Trinajstić information content (AvgIpc) is 3.75. The Morgan fingerprint density at radius 2 is 0.947 bits per heavy atom. The smallest absolute Gasteiger partial charge is 0.135 e. The van der Waals surface area contributed by atoms with Crippen LogP contribution < -0.4 is 4.90 Å². The van der Waals surface area contributed by atoms with E-state index in [2.05, 4.69) is 207 Å². The molecule has 0 aliphatic heterocycles. The average molecular weight is 730 g/mol. The van der Waals surface area contributed by atoms with E-state index in [4.69, 9.17) is 4.42 Å². The molecule has 0 bridgehead atoms. The Labute approximate surface area is 332 Å². The molecular formula is C55H39NO. The summed E-state index contributed by atoms with van der Waals surface area (Å²) >= 11 is 0. The maximum atomic E-state index is 6.30. The van der Waals surface area contributed by atoms with Crippen LogP contribution in [0.4, 0.5) is 17.1 Å². The van der Waals surface area contributed by atoms with Crippen molar-refractivity contribution in [2.45, 2.75) is 19.3 Å². The van der Waals surface area contributed by atoms with E-state index in [-0.39, 0.29) is 5.41 Å². The third-order valence-electron chi connectivity index (χ3n) is 12.1. The number of furan rings is 1. The Bertz CT molecular complexity index is 3130. The molecule has 0 atom stereocenters. The first-order valence-electron chi connectivity index (χ1n) is 19.8. The lowest BCUT2D eigenvalue weighted by Crippen LogP contribution is -2.15. The van der Waals surface area contributed by atoms with Crippen LogP contribution in [-0.4, -0.2) is 0 Å². The fourth-order valence-electron chi connectivity index (χ4n) is 9.32. The van der Waals surface area contributed by atoms with Crippen LogP contribution in [0, 0.1) is 0 Å². The molecular weight excluding hydrogens is 691 g/mol. The third kappa shape index (κ3) is 5.33. The van der Waals surface area contributed by atoms with Crippen LogP contribution in [-0.2, 0) is 5.41 Å². The molecule has 0 spiro atoms. The van der Waals surface area contributed by atoms with Gasteiger partial charge in [-0.15, -0.1) is 0 Å². The zero-order valence-electron chi connectivity index (χ0n) is 31.9. The molecule has 10 aromatic rings. The Hall–Kier alpha value is -7.16. The first-order valence-corrected chi connectivity index (χ1v) is 19.8. The van der Waals surface area contributed by atoms with E-state index in [1.54, 1.807) is 0 Å². The normalized spacial score (nSPS) is 12.9. The molecule has 0 radical (unpaired) electrons. The van der Waals surface area contributed by atoms with E-state index in [9.17, 15) is 0 Å². The van der Waals surface area contributed by atoms with E-state index >= 15 is 0 Å². The SMILES string of the molecule is CC1(C)c2ccc(N(c3ccc(-c4cccc5cccc(-c6ccccc6)c45)cc3)c3ccc4oc5ccccc5c4c3)cc2-c2c(-c3ccccc3)cccc21. The molecule has 57 heavy (non-hydrogen) atoms. The molecule has 270 valence electrons. The van der Waals surface area contributed by atoms with E-state index in [1.807, 2.05) is 12.1 Å². The molecule has 1 heterocycles. The van der Waals surface area contributed by atoms with Crippen LogP contribution >= 0.6 is 0 Å². The van der Waals surface area contributed by atoms with Crippen molar-refractivity contribution >= 4 is 49.8 Å². The van der Waals surface area contributed by atoms with E-state index < -0.39 is 0 Å². The summed E-state index contributed by atoms with van der Waals surface area (Å²) < 4.78 is 6.30. The summed E-state index contributed by atoms with van der Waals surface area (Å²) in [6.07, 6.45) is 0. The minimum atomic E-state index is -0.133. The van der Waals surface area contributed by atoms with Gasteiger partial charge in [0, 0.05) is 33.2 Å². The van der Waals surface area contributed by atoms with Gasteiger partial charge in [0.15, 0.2) is 0 Å². The van der Waals surface area contributed by atoms with Gasteiger partial charge in [0.25, 0.3) is 0 Å². The van der Waals surface area contributed by atoms with Crippen LogP contribution in [0.5, 0.6) is 0 Å². The number of benzene rings is 9. The predicted molar refractivity (Wildman–Crippen MR) is 240 cm³/mol. The summed E-state index contributed by atoms with van der Waals surface area (Å²) in [5.41, 5.74) is 17.6. The monoisotopic (exact) mass is 729 g/mol. The highest BCUT2D eigenvalue weighted by Crippen LogP contribution is 2.54. The van der Waals surface area contributed by atoms with Gasteiger partial charge in [-0.2, -0.15) is 0 Å². The fourth-order valence-corrected chi connectivity index (χ4v) is 9.32. The van der Waals surface area contributed by atoms with Gasteiger partial charge in [-0.1, -0.05) is 166 Å². The van der Waals surface area contributed by atoms with Gasteiger partial charge in [-0.05, 0) is 115 Å². The molecule has 1 aliphatic rings. The molecule has 0 saturated heterocycles. The molecule has 0 saturated carbocycles. The number of anilines is 3. The second-order valence-electron chi connectivity index (χ2n) is 15.7. The van der Waals surface area contributed by atoms with Gasteiger partial charge in [0.05, 0.1) is 0 Å². The lowest BCUT2D eigenvalue weighted by molar-refractivity contribution is 0.660. The molecule has 9 aromatic carbocycles. The molecule has 11 rings (SSSR count). The highest BCUT2D eigenvalue weighted by Gasteiger charge is 2.37. The van der Waals surface area contributed by atoms with E-state index in [0.717, 1.165) is 39.0 Å². The van der Waals surface area contributed by atoms with Crippen LogP contribution in [0.1, 0.15) is 25.0 Å². The molecule has 0 amide bonds. The number of rotatable bonds is 6. The maximum Gasteiger partial charge on any atom is 0.135 e. The second-order valence-corrected chi connectivity index (χ2v) is 15.7. The second kappa shape index (κ2) is 13.0. The van der Waals surface area contributed by atoms with Gasteiger partial charge < -0.3 is 9.32 Å². The van der Waals surface area contributed by atoms with Crippen LogP contribution in [0.2, 0.25) is 0 Å². The van der Waals surface area contributed by atoms with Crippen molar-refractivity contribution in [3.8, 4) is 44.5 Å². The Balaban J connectivity index is 1.10. The van der Waals surface area contributed by atoms with Crippen molar-refractivity contribution < 1.29 is 4.42 Å². The highest BCUT2D eigenvalue weighted by molar-refractivity contribution is 6.08. The third-order valence-corrected chi connectivity index (χ3v) is 12.1. The van der Waals surface area contributed by atoms with Gasteiger partial charge in [-0.3, -0.25) is 0 Å². The number of fused-ring (bicyclic) bond motifs is 7. The summed E-state index contributed by atoms with van der Waals surface area (Å²) in [7, 11) is 0. The zero-order valence-corrected chi connectivity index (χ0v) is 31.9. The minimum Gasteiger partial charge on any atom is -0.456 e. The standard InChI is InChI=1S/C55H39NO/c1-55(2)49-32-30-41(35-48(49)54-45(23-13-24-50(54)55)37-16-7-4-8-17-37)56(42-31-33-52-47(34-42)46-20-9-10-25-51(46)57-52)40-28-26-38(27-29-40)44-22-12-19-39-18-11-21-43(53(39)44)36-14-5-3-6-15-36/h3-35H,1-2H3. The summed E-state index contributed by atoms with van der Waals surface area (Å²) in [6, 6.07) is 72.7. The molecule has 0 unspecified atom stereocenters. The van der Waals surface area contributed by atoms with E-state index in [1.165, 1.54) is 66.4 Å². The van der Waals surface area contributed by atoms with Gasteiger partial charge >= 0.3 is 0 Å². The molecule has 2 nitrogen and oxygen atoms in total. The minimum absolute atomic E-state index is 0.133. The highest BCUT2D eigenvalue weighted by atomic mass is 16.3. The van der Waals surface area contributed by atoms with E-state index in [0.29, 0.717) is 0 Å². The predicted octanol–water partition coefficient (Wildman–Crippen LogP) is 15.5. The maximum absolute atomic E-state index is 6.30. The largest absolute Gasteiger partial charge is 0.456 e. The quantitative estimate of drug-likeness (QED) is 0.169. The molecule has 0 N–H and O–H groups in total. The van der Waals surface area contributed by atoms with Gasteiger partial charge in [0.1, 0.15) is 11.2 Å². The molecule has 1 aliphatic carbocycles. The van der Waals surface area contributed by atoms with Crippen LogP contribution in [0.3, 0.4) is 0 Å². The number of hydrogen-bond donors (Lipinski definition) is 0. The first kappa shape index (κ1) is 33.2. The first-order chi connectivity index (χ1) is 28.0. The summed E-state index contributed by atoms with van der Waals surface area (Å²) in [4.78, 5) is 2.40. The van der Waals surface area contributed by atoms with Crippen LogP contribution in [0.15, 0.2) is 205 Å². The Morgan fingerprint density at radius 1 is 0.386 bits per heavy atom. The molecule has 0 fully saturated rings. The molecule has 2 heteroatoms. The van der Waals surface area contributed by atoms with Gasteiger partial charge in [0.2, 0.25) is 0 Å². The fraction of sp³-hybridized carbons (Fsp3) is 0.0545. The molecule has 1 aromatic heterocycles. The Morgan fingerprint density at radius 3 is 1.68 bits per heavy atom. The van der Waals surface area contributed by atoms with Crippen molar-refractivity contribution in [1.29, 1.82) is 0 Å². The van der Waals surface area contributed by atoms with Crippen LogP contribution in [0.25, 0.3) is 77.2 Å². The zero-order chi connectivity index (χ0) is 38.1. The Kier molecular flexibility index (Phi) is 7.55. The topological polar surface area (TPSA) is 16.4 Å². The number of para-hydroxylation sites is 1. The van der Waals surface area contributed by atoms with Crippen molar-refractivity contribution in [3.05, 3.63) is 211 Å².